The molecule has 1 unspecified atom stereocenters. The standard InChI is InChI=1S/C28H31NO4/c1-3-17-32-22-14-12-21(13-15-22)26-25(19(2)29-23-10-7-11-24(30)27(23)26)28(31)33-18-16-20-8-5-4-6-9-20/h4-6,8-9,12-15,26-27H,3,7,10-11,16-18H2,1-2H3/t26-,27?/m1/s1. The van der Waals surface area contributed by atoms with Crippen LogP contribution in [0.25, 0.3) is 0 Å². The summed E-state index contributed by atoms with van der Waals surface area (Å²) < 4.78 is 11.4. The Morgan fingerprint density at radius 1 is 1.00 bits per heavy atom. The second-order valence-electron chi connectivity index (χ2n) is 8.67. The molecule has 0 N–H and O–H groups in total. The number of benzene rings is 2. The van der Waals surface area contributed by atoms with Gasteiger partial charge in [0, 0.05) is 30.2 Å². The number of hydrogen-bond acceptors (Lipinski definition) is 5. The van der Waals surface area contributed by atoms with Gasteiger partial charge in [-0.3, -0.25) is 9.79 Å². The molecule has 0 radical (unpaired) electrons. The van der Waals surface area contributed by atoms with Crippen molar-refractivity contribution in [2.45, 2.75) is 51.9 Å². The van der Waals surface area contributed by atoms with Crippen molar-refractivity contribution in [3.63, 3.8) is 0 Å². The van der Waals surface area contributed by atoms with Crippen LogP contribution in [0.4, 0.5) is 0 Å². The number of esters is 1. The Balaban J connectivity index is 1.60. The molecular formula is C28H31NO4. The van der Waals surface area contributed by atoms with E-state index in [2.05, 4.69) is 6.92 Å². The van der Waals surface area contributed by atoms with Gasteiger partial charge in [0.25, 0.3) is 0 Å². The summed E-state index contributed by atoms with van der Waals surface area (Å²) in [7, 11) is 0. The van der Waals surface area contributed by atoms with E-state index in [-0.39, 0.29) is 24.3 Å². The molecule has 1 saturated carbocycles. The van der Waals surface area contributed by atoms with Crippen LogP contribution in [0.15, 0.2) is 70.9 Å². The van der Waals surface area contributed by atoms with Gasteiger partial charge in [-0.05, 0) is 49.4 Å². The third kappa shape index (κ3) is 5.24. The lowest BCUT2D eigenvalue weighted by atomic mass is 9.69. The lowest BCUT2D eigenvalue weighted by Gasteiger charge is -2.35. The van der Waals surface area contributed by atoms with Crippen molar-refractivity contribution in [3.05, 3.63) is 77.0 Å². The molecule has 1 heterocycles. The van der Waals surface area contributed by atoms with Gasteiger partial charge in [0.2, 0.25) is 0 Å². The summed E-state index contributed by atoms with van der Waals surface area (Å²) in [5.74, 6) is -0.233. The van der Waals surface area contributed by atoms with Crippen molar-refractivity contribution in [2.24, 2.45) is 10.9 Å². The zero-order chi connectivity index (χ0) is 23.2. The molecule has 2 atom stereocenters. The van der Waals surface area contributed by atoms with Crippen LogP contribution in [0.2, 0.25) is 0 Å². The fourth-order valence-corrected chi connectivity index (χ4v) is 4.72. The average molecular weight is 446 g/mol. The van der Waals surface area contributed by atoms with E-state index < -0.39 is 5.92 Å². The highest BCUT2D eigenvalue weighted by atomic mass is 16.5. The third-order valence-corrected chi connectivity index (χ3v) is 6.31. The van der Waals surface area contributed by atoms with Crippen LogP contribution in [-0.2, 0) is 20.7 Å². The topological polar surface area (TPSA) is 65.0 Å². The monoisotopic (exact) mass is 445 g/mol. The zero-order valence-corrected chi connectivity index (χ0v) is 19.4. The summed E-state index contributed by atoms with van der Waals surface area (Å²) in [6, 6.07) is 17.7. The van der Waals surface area contributed by atoms with Crippen LogP contribution >= 0.6 is 0 Å². The number of carbonyl (C=O) groups excluding carboxylic acids is 2. The first-order valence-electron chi connectivity index (χ1n) is 11.8. The van der Waals surface area contributed by atoms with Crippen molar-refractivity contribution >= 4 is 17.5 Å². The van der Waals surface area contributed by atoms with Gasteiger partial charge in [-0.25, -0.2) is 4.79 Å². The van der Waals surface area contributed by atoms with Gasteiger partial charge in [0.15, 0.2) is 0 Å². The highest BCUT2D eigenvalue weighted by Gasteiger charge is 2.43. The molecule has 0 amide bonds. The maximum absolute atomic E-state index is 13.3. The minimum absolute atomic E-state index is 0.151. The number of rotatable bonds is 8. The minimum atomic E-state index is -0.401. The largest absolute Gasteiger partial charge is 0.494 e. The van der Waals surface area contributed by atoms with Crippen LogP contribution in [0.5, 0.6) is 5.75 Å². The smallest absolute Gasteiger partial charge is 0.336 e. The second kappa shape index (κ2) is 10.6. The molecule has 2 aliphatic rings. The lowest BCUT2D eigenvalue weighted by Crippen LogP contribution is -2.39. The molecule has 2 aromatic rings. The Bertz CT molecular complexity index is 1050. The summed E-state index contributed by atoms with van der Waals surface area (Å²) in [5, 5.41) is 0. The van der Waals surface area contributed by atoms with Crippen molar-refractivity contribution in [1.82, 2.24) is 0 Å². The molecule has 4 rings (SSSR count). The molecule has 5 nitrogen and oxygen atoms in total. The van der Waals surface area contributed by atoms with Gasteiger partial charge < -0.3 is 9.47 Å². The molecule has 0 saturated heterocycles. The molecular weight excluding hydrogens is 414 g/mol. The zero-order valence-electron chi connectivity index (χ0n) is 19.4. The van der Waals surface area contributed by atoms with Crippen LogP contribution in [0.3, 0.4) is 0 Å². The molecule has 1 fully saturated rings. The summed E-state index contributed by atoms with van der Waals surface area (Å²) in [6.07, 6.45) is 3.70. The van der Waals surface area contributed by atoms with Gasteiger partial charge in [0.05, 0.1) is 24.7 Å². The number of fused-ring (bicyclic) bond motifs is 1. The number of allylic oxidation sites excluding steroid dienone is 1. The first-order chi connectivity index (χ1) is 16.1. The third-order valence-electron chi connectivity index (χ3n) is 6.31. The van der Waals surface area contributed by atoms with E-state index in [0.29, 0.717) is 30.7 Å². The maximum Gasteiger partial charge on any atom is 0.336 e. The average Bonchev–Trinajstić information content (AvgIpc) is 2.83. The van der Waals surface area contributed by atoms with Crippen LogP contribution < -0.4 is 4.74 Å². The van der Waals surface area contributed by atoms with Gasteiger partial charge in [0.1, 0.15) is 11.5 Å². The highest BCUT2D eigenvalue weighted by molar-refractivity contribution is 6.11. The van der Waals surface area contributed by atoms with Crippen molar-refractivity contribution in [2.75, 3.05) is 13.2 Å². The van der Waals surface area contributed by atoms with E-state index in [1.807, 2.05) is 61.5 Å². The van der Waals surface area contributed by atoms with Crippen molar-refractivity contribution in [3.8, 4) is 5.75 Å². The quantitative estimate of drug-likeness (QED) is 0.507. The van der Waals surface area contributed by atoms with Gasteiger partial charge in [-0.2, -0.15) is 0 Å². The molecule has 2 aromatic carbocycles. The number of Topliss-reactive ketones (excluding diaryl/α,β-unsaturated/α-hetero) is 1. The fourth-order valence-electron chi connectivity index (χ4n) is 4.72. The molecule has 1 aliphatic heterocycles. The highest BCUT2D eigenvalue weighted by Crippen LogP contribution is 2.43. The Kier molecular flexibility index (Phi) is 7.38. The van der Waals surface area contributed by atoms with Crippen LogP contribution in [0, 0.1) is 5.92 Å². The first kappa shape index (κ1) is 23.0. The van der Waals surface area contributed by atoms with E-state index in [1.165, 1.54) is 0 Å². The predicted octanol–water partition coefficient (Wildman–Crippen LogP) is 5.44. The molecule has 33 heavy (non-hydrogen) atoms. The summed E-state index contributed by atoms with van der Waals surface area (Å²) in [5.41, 5.74) is 4.06. The maximum atomic E-state index is 13.3. The van der Waals surface area contributed by atoms with E-state index in [4.69, 9.17) is 14.5 Å². The Labute approximate surface area is 195 Å². The number of nitrogens with zero attached hydrogens (tertiary/aromatic N) is 1. The van der Waals surface area contributed by atoms with Crippen molar-refractivity contribution < 1.29 is 19.1 Å². The summed E-state index contributed by atoms with van der Waals surface area (Å²) in [6.45, 7) is 4.85. The Morgan fingerprint density at radius 3 is 2.48 bits per heavy atom. The molecule has 172 valence electrons. The fraction of sp³-hybridized carbons (Fsp3) is 0.393. The molecule has 1 aliphatic carbocycles. The predicted molar refractivity (Wildman–Crippen MR) is 129 cm³/mol. The number of ether oxygens (including phenoxy) is 2. The summed E-state index contributed by atoms with van der Waals surface area (Å²) in [4.78, 5) is 31.0. The molecule has 0 bridgehead atoms. The first-order valence-corrected chi connectivity index (χ1v) is 11.8. The van der Waals surface area contributed by atoms with Crippen molar-refractivity contribution in [1.29, 1.82) is 0 Å². The SMILES string of the molecule is CCCOc1ccc([C@@H]2C(C(=O)OCCc3ccccc3)=C(C)N=C3CCCC(=O)C32)cc1. The van der Waals surface area contributed by atoms with E-state index in [0.717, 1.165) is 41.9 Å². The number of carbonyl (C=O) groups is 2. The Morgan fingerprint density at radius 2 is 1.76 bits per heavy atom. The molecule has 0 spiro atoms. The number of ketones is 1. The minimum Gasteiger partial charge on any atom is -0.494 e. The van der Waals surface area contributed by atoms with E-state index >= 15 is 0 Å². The second-order valence-corrected chi connectivity index (χ2v) is 8.67. The lowest BCUT2D eigenvalue weighted by molar-refractivity contribution is -0.139. The number of aliphatic imine (C=N–C) groups is 1. The number of hydrogen-bond donors (Lipinski definition) is 0. The van der Waals surface area contributed by atoms with E-state index in [1.54, 1.807) is 0 Å². The normalized spacial score (nSPS) is 20.2. The van der Waals surface area contributed by atoms with Crippen LogP contribution in [0.1, 0.15) is 56.6 Å². The van der Waals surface area contributed by atoms with Gasteiger partial charge in [-0.1, -0.05) is 49.4 Å². The molecule has 5 heteroatoms. The van der Waals surface area contributed by atoms with Gasteiger partial charge in [-0.15, -0.1) is 0 Å². The van der Waals surface area contributed by atoms with E-state index in [9.17, 15) is 9.59 Å². The van der Waals surface area contributed by atoms with Gasteiger partial charge >= 0.3 is 5.97 Å². The Hall–Kier alpha value is -3.21. The summed E-state index contributed by atoms with van der Waals surface area (Å²) >= 11 is 0. The van der Waals surface area contributed by atoms with Crippen LogP contribution in [-0.4, -0.2) is 30.7 Å². The molecule has 0 aromatic heterocycles.